The molecule has 1 saturated heterocycles. The van der Waals surface area contributed by atoms with E-state index in [1.807, 2.05) is 0 Å². The third kappa shape index (κ3) is 4.94. The van der Waals surface area contributed by atoms with Crippen molar-refractivity contribution in [2.75, 3.05) is 20.2 Å². The van der Waals surface area contributed by atoms with Crippen molar-refractivity contribution >= 4 is 15.9 Å². The first-order valence-electron chi connectivity index (χ1n) is 10.8. The van der Waals surface area contributed by atoms with Crippen LogP contribution in [-0.4, -0.2) is 44.9 Å². The van der Waals surface area contributed by atoms with Gasteiger partial charge in [0.1, 0.15) is 10.6 Å². The molecule has 6 nitrogen and oxygen atoms in total. The van der Waals surface area contributed by atoms with Crippen molar-refractivity contribution in [1.29, 1.82) is 0 Å². The predicted octanol–water partition coefficient (Wildman–Crippen LogP) is 3.81. The van der Waals surface area contributed by atoms with Crippen molar-refractivity contribution in [3.63, 3.8) is 0 Å². The van der Waals surface area contributed by atoms with Gasteiger partial charge >= 0.3 is 0 Å². The summed E-state index contributed by atoms with van der Waals surface area (Å²) in [5, 5.41) is 3.13. The van der Waals surface area contributed by atoms with Gasteiger partial charge in [-0.1, -0.05) is 39.5 Å². The topological polar surface area (TPSA) is 75.7 Å². The van der Waals surface area contributed by atoms with Crippen molar-refractivity contribution in [3.05, 3.63) is 23.8 Å². The fraction of sp³-hybridized carbons (Fsp3) is 0.682. The average molecular weight is 423 g/mol. The SMILES string of the molecule is COc1ccc(C(=O)NC2CCCC(C)C2C)cc1S(=O)(=O)N1CCCCCC1. The van der Waals surface area contributed by atoms with Crippen molar-refractivity contribution < 1.29 is 17.9 Å². The molecule has 3 unspecified atom stereocenters. The first kappa shape index (κ1) is 22.1. The smallest absolute Gasteiger partial charge is 0.251 e. The minimum absolute atomic E-state index is 0.0830. The summed E-state index contributed by atoms with van der Waals surface area (Å²) in [6.45, 7) is 5.43. The van der Waals surface area contributed by atoms with Gasteiger partial charge in [0.2, 0.25) is 10.0 Å². The lowest BCUT2D eigenvalue weighted by atomic mass is 9.78. The molecule has 1 aliphatic carbocycles. The number of amides is 1. The minimum Gasteiger partial charge on any atom is -0.495 e. The lowest BCUT2D eigenvalue weighted by molar-refractivity contribution is 0.0891. The van der Waals surface area contributed by atoms with Gasteiger partial charge in [0.25, 0.3) is 5.91 Å². The van der Waals surface area contributed by atoms with E-state index in [1.54, 1.807) is 12.1 Å². The molecule has 1 aromatic rings. The maximum atomic E-state index is 13.3. The van der Waals surface area contributed by atoms with E-state index < -0.39 is 10.0 Å². The van der Waals surface area contributed by atoms with Crippen LogP contribution in [0.25, 0.3) is 0 Å². The standard InChI is InChI=1S/C22H34N2O4S/c1-16-9-8-10-19(17(16)2)23-22(25)18-11-12-20(28-3)21(15-18)29(26,27)24-13-6-4-5-7-14-24/h11-12,15-17,19H,4-10,13-14H2,1-3H3,(H,23,25). The quantitative estimate of drug-likeness (QED) is 0.783. The predicted molar refractivity (Wildman–Crippen MR) is 114 cm³/mol. The third-order valence-electron chi connectivity index (χ3n) is 6.63. The zero-order chi connectivity index (χ0) is 21.0. The van der Waals surface area contributed by atoms with Crippen molar-refractivity contribution in [1.82, 2.24) is 9.62 Å². The number of benzene rings is 1. The maximum absolute atomic E-state index is 13.3. The third-order valence-corrected chi connectivity index (χ3v) is 8.55. The van der Waals surface area contributed by atoms with Crippen LogP contribution in [0.15, 0.2) is 23.1 Å². The molecule has 1 aliphatic heterocycles. The van der Waals surface area contributed by atoms with E-state index >= 15 is 0 Å². The molecular formula is C22H34N2O4S. The highest BCUT2D eigenvalue weighted by molar-refractivity contribution is 7.89. The Morgan fingerprint density at radius 3 is 2.41 bits per heavy atom. The molecule has 29 heavy (non-hydrogen) atoms. The number of hydrogen-bond acceptors (Lipinski definition) is 4. The Morgan fingerprint density at radius 1 is 1.07 bits per heavy atom. The van der Waals surface area contributed by atoms with E-state index in [9.17, 15) is 13.2 Å². The Labute approximate surface area is 175 Å². The molecule has 2 aliphatic rings. The highest BCUT2D eigenvalue weighted by Crippen LogP contribution is 2.31. The highest BCUT2D eigenvalue weighted by atomic mass is 32.2. The molecule has 1 heterocycles. The highest BCUT2D eigenvalue weighted by Gasteiger charge is 2.31. The normalized spacial score (nSPS) is 26.5. The Morgan fingerprint density at radius 2 is 1.76 bits per heavy atom. The second kappa shape index (κ2) is 9.47. The fourth-order valence-electron chi connectivity index (χ4n) is 4.48. The summed E-state index contributed by atoms with van der Waals surface area (Å²) in [5.74, 6) is 1.05. The second-order valence-corrected chi connectivity index (χ2v) is 10.4. The van der Waals surface area contributed by atoms with Gasteiger partial charge in [-0.15, -0.1) is 0 Å². The molecule has 3 atom stereocenters. The average Bonchev–Trinajstić information content (AvgIpc) is 3.01. The molecule has 7 heteroatoms. The van der Waals surface area contributed by atoms with Gasteiger partial charge in [0, 0.05) is 24.7 Å². The number of carbonyl (C=O) groups excluding carboxylic acids is 1. The number of rotatable bonds is 5. The summed E-state index contributed by atoms with van der Waals surface area (Å²) in [4.78, 5) is 13.0. The summed E-state index contributed by atoms with van der Waals surface area (Å²) in [6.07, 6.45) is 7.07. The van der Waals surface area contributed by atoms with E-state index in [2.05, 4.69) is 19.2 Å². The van der Waals surface area contributed by atoms with Crippen LogP contribution in [0.5, 0.6) is 5.75 Å². The van der Waals surface area contributed by atoms with Crippen LogP contribution in [0.4, 0.5) is 0 Å². The molecule has 1 amide bonds. The molecule has 1 aromatic carbocycles. The van der Waals surface area contributed by atoms with Crippen LogP contribution in [0, 0.1) is 11.8 Å². The molecule has 0 aromatic heterocycles. The number of sulfonamides is 1. The Balaban J connectivity index is 1.85. The number of nitrogens with one attached hydrogen (secondary N) is 1. The van der Waals surface area contributed by atoms with Gasteiger partial charge in [-0.05, 0) is 49.3 Å². The van der Waals surface area contributed by atoms with E-state index in [0.29, 0.717) is 30.5 Å². The van der Waals surface area contributed by atoms with Gasteiger partial charge in [-0.2, -0.15) is 4.31 Å². The number of hydrogen-bond donors (Lipinski definition) is 1. The van der Waals surface area contributed by atoms with Crippen LogP contribution in [0.2, 0.25) is 0 Å². The number of methoxy groups -OCH3 is 1. The van der Waals surface area contributed by atoms with Gasteiger partial charge in [-0.3, -0.25) is 4.79 Å². The van der Waals surface area contributed by atoms with E-state index in [0.717, 1.165) is 38.5 Å². The zero-order valence-electron chi connectivity index (χ0n) is 17.8. The summed E-state index contributed by atoms with van der Waals surface area (Å²) < 4.78 is 33.5. The number of carbonyl (C=O) groups is 1. The molecule has 3 rings (SSSR count). The molecule has 2 fully saturated rings. The van der Waals surface area contributed by atoms with Gasteiger partial charge in [0.15, 0.2) is 0 Å². The monoisotopic (exact) mass is 422 g/mol. The van der Waals surface area contributed by atoms with Crippen molar-refractivity contribution in [2.45, 2.75) is 69.7 Å². The Kier molecular flexibility index (Phi) is 7.22. The minimum atomic E-state index is -3.71. The maximum Gasteiger partial charge on any atom is 0.251 e. The molecule has 0 bridgehead atoms. The zero-order valence-corrected chi connectivity index (χ0v) is 18.6. The second-order valence-electron chi connectivity index (χ2n) is 8.53. The van der Waals surface area contributed by atoms with Crippen LogP contribution in [0.3, 0.4) is 0 Å². The van der Waals surface area contributed by atoms with E-state index in [4.69, 9.17) is 4.74 Å². The largest absolute Gasteiger partial charge is 0.495 e. The van der Waals surface area contributed by atoms with Crippen LogP contribution >= 0.6 is 0 Å². The van der Waals surface area contributed by atoms with E-state index in [1.165, 1.54) is 23.9 Å². The fourth-order valence-corrected chi connectivity index (χ4v) is 6.18. The van der Waals surface area contributed by atoms with Gasteiger partial charge in [-0.25, -0.2) is 8.42 Å². The van der Waals surface area contributed by atoms with Crippen molar-refractivity contribution in [3.8, 4) is 5.75 Å². The lowest BCUT2D eigenvalue weighted by Crippen LogP contribution is -2.43. The molecule has 1 saturated carbocycles. The molecule has 0 spiro atoms. The molecular weight excluding hydrogens is 388 g/mol. The van der Waals surface area contributed by atoms with E-state index in [-0.39, 0.29) is 22.6 Å². The summed E-state index contributed by atoms with van der Waals surface area (Å²) in [5.41, 5.74) is 0.365. The van der Waals surface area contributed by atoms with Gasteiger partial charge < -0.3 is 10.1 Å². The van der Waals surface area contributed by atoms with Gasteiger partial charge in [0.05, 0.1) is 7.11 Å². The Bertz CT molecular complexity index is 816. The molecule has 1 N–H and O–H groups in total. The summed E-state index contributed by atoms with van der Waals surface area (Å²) in [7, 11) is -2.25. The van der Waals surface area contributed by atoms with Crippen LogP contribution in [-0.2, 0) is 10.0 Å². The van der Waals surface area contributed by atoms with Crippen LogP contribution < -0.4 is 10.1 Å². The number of ether oxygens (including phenoxy) is 1. The van der Waals surface area contributed by atoms with Crippen molar-refractivity contribution in [2.24, 2.45) is 11.8 Å². The molecule has 162 valence electrons. The number of nitrogens with zero attached hydrogens (tertiary/aromatic N) is 1. The summed E-state index contributed by atoms with van der Waals surface area (Å²) >= 11 is 0. The first-order chi connectivity index (χ1) is 13.8. The lowest BCUT2D eigenvalue weighted by Gasteiger charge is -2.34. The molecule has 0 radical (unpaired) electrons. The Hall–Kier alpha value is -1.60. The first-order valence-corrected chi connectivity index (χ1v) is 12.3. The van der Waals surface area contributed by atoms with Crippen LogP contribution in [0.1, 0.15) is 69.2 Å². The summed E-state index contributed by atoms with van der Waals surface area (Å²) in [6, 6.07) is 4.84.